The van der Waals surface area contributed by atoms with Gasteiger partial charge in [0.2, 0.25) is 0 Å². The molecule has 0 saturated heterocycles. The van der Waals surface area contributed by atoms with Crippen molar-refractivity contribution in [1.29, 1.82) is 5.26 Å². The molecule has 0 atom stereocenters. The van der Waals surface area contributed by atoms with E-state index >= 15 is 0 Å². The molecule has 0 spiro atoms. The predicted molar refractivity (Wildman–Crippen MR) is 163 cm³/mol. The quantitative estimate of drug-likeness (QED) is 0.328. The van der Waals surface area contributed by atoms with E-state index < -0.39 is 0 Å². The number of nitrogens with zero attached hydrogens (tertiary/aromatic N) is 1. The monoisotopic (exact) mass is 479 g/mol. The summed E-state index contributed by atoms with van der Waals surface area (Å²) in [5.41, 5.74) is 5.75. The third kappa shape index (κ3) is 27.5. The zero-order valence-electron chi connectivity index (χ0n) is 24.8. The normalized spacial score (nSPS) is 8.11. The molecule has 0 aliphatic heterocycles. The van der Waals surface area contributed by atoms with Gasteiger partial charge in [0.1, 0.15) is 0 Å². The van der Waals surface area contributed by atoms with Crippen molar-refractivity contribution in [3.05, 3.63) is 96.1 Å². The molecule has 0 fully saturated rings. The van der Waals surface area contributed by atoms with Gasteiger partial charge in [0.15, 0.2) is 0 Å². The van der Waals surface area contributed by atoms with Crippen LogP contribution in [0.5, 0.6) is 0 Å². The molecule has 2 aromatic rings. The van der Waals surface area contributed by atoms with Gasteiger partial charge in [0.25, 0.3) is 0 Å². The lowest BCUT2D eigenvalue weighted by Crippen LogP contribution is -1.95. The number of allylic oxidation sites excluding steroid dienone is 2. The summed E-state index contributed by atoms with van der Waals surface area (Å²) in [6.07, 6.45) is 10.5. The first kappa shape index (κ1) is 39.6. The Balaban J connectivity index is -0.000000221. The minimum Gasteiger partial charge on any atom is -0.198 e. The van der Waals surface area contributed by atoms with E-state index in [0.717, 1.165) is 32.1 Å². The first-order chi connectivity index (χ1) is 17.1. The fourth-order valence-electron chi connectivity index (χ4n) is 2.77. The van der Waals surface area contributed by atoms with Gasteiger partial charge < -0.3 is 0 Å². The van der Waals surface area contributed by atoms with Crippen LogP contribution in [-0.2, 0) is 19.3 Å². The van der Waals surface area contributed by atoms with Crippen LogP contribution in [0.1, 0.15) is 111 Å². The number of hydrogen-bond acceptors (Lipinski definition) is 1. The lowest BCUT2D eigenvalue weighted by atomic mass is 9.96. The Hall–Kier alpha value is -2.59. The summed E-state index contributed by atoms with van der Waals surface area (Å²) in [6, 6.07) is 21.2. The first-order valence-corrected chi connectivity index (χ1v) is 13.9. The Morgan fingerprint density at radius 2 is 1.23 bits per heavy atom. The van der Waals surface area contributed by atoms with Gasteiger partial charge >= 0.3 is 0 Å². The first-order valence-electron chi connectivity index (χ1n) is 13.9. The maximum Gasteiger partial charge on any atom is 0.0618 e. The van der Waals surface area contributed by atoms with Gasteiger partial charge in [0, 0.05) is 6.42 Å². The van der Waals surface area contributed by atoms with E-state index in [-0.39, 0.29) is 0 Å². The van der Waals surface area contributed by atoms with Crippen molar-refractivity contribution in [3.63, 3.8) is 0 Å². The van der Waals surface area contributed by atoms with Crippen LogP contribution >= 0.6 is 0 Å². The molecule has 0 N–H and O–H groups in total. The van der Waals surface area contributed by atoms with E-state index in [0.29, 0.717) is 6.42 Å². The minimum atomic E-state index is 0.625. The van der Waals surface area contributed by atoms with Crippen molar-refractivity contribution in [2.45, 2.75) is 114 Å². The number of aryl methyl sites for hydroxylation is 3. The molecule has 0 aliphatic rings. The number of rotatable bonds is 9. The lowest BCUT2D eigenvalue weighted by Gasteiger charge is -2.09. The third-order valence-corrected chi connectivity index (χ3v) is 4.50. The van der Waals surface area contributed by atoms with Gasteiger partial charge in [-0.15, -0.1) is 6.58 Å². The molecule has 0 bridgehead atoms. The smallest absolute Gasteiger partial charge is 0.0618 e. The van der Waals surface area contributed by atoms with Gasteiger partial charge in [-0.05, 0) is 55.2 Å². The van der Waals surface area contributed by atoms with E-state index in [2.05, 4.69) is 75.5 Å². The van der Waals surface area contributed by atoms with Gasteiger partial charge in [0.05, 0.1) is 6.07 Å². The SMILES string of the molecule is C=CCCC(=C)CCc1ccccc1CCC.CC.CC.CC.CCC#N.CCc1ccccc1. The highest BCUT2D eigenvalue weighted by molar-refractivity contribution is 5.28. The van der Waals surface area contributed by atoms with E-state index in [1.165, 1.54) is 35.1 Å². The molecule has 0 amide bonds. The van der Waals surface area contributed by atoms with Gasteiger partial charge in [-0.25, -0.2) is 0 Å². The summed E-state index contributed by atoms with van der Waals surface area (Å²) in [7, 11) is 0. The zero-order chi connectivity index (χ0) is 27.7. The Kier molecular flexibility index (Phi) is 40.7. The molecule has 0 aliphatic carbocycles. The second-order valence-corrected chi connectivity index (χ2v) is 6.95. The molecular weight excluding hydrogens is 422 g/mol. The predicted octanol–water partition coefficient (Wildman–Crippen LogP) is 11.3. The molecule has 0 heterocycles. The number of benzene rings is 2. The second-order valence-electron chi connectivity index (χ2n) is 6.95. The molecule has 0 aromatic heterocycles. The Morgan fingerprint density at radius 1 is 0.771 bits per heavy atom. The fourth-order valence-corrected chi connectivity index (χ4v) is 2.77. The molecule has 0 unspecified atom stereocenters. The number of nitriles is 1. The van der Waals surface area contributed by atoms with Crippen LogP contribution in [0.15, 0.2) is 79.4 Å². The van der Waals surface area contributed by atoms with Crippen molar-refractivity contribution in [2.24, 2.45) is 0 Å². The molecule has 198 valence electrons. The fraction of sp³-hybridized carbons (Fsp3) is 0.500. The Morgan fingerprint density at radius 3 is 1.60 bits per heavy atom. The molecule has 0 saturated carbocycles. The highest BCUT2D eigenvalue weighted by Crippen LogP contribution is 2.17. The van der Waals surface area contributed by atoms with Crippen LogP contribution < -0.4 is 0 Å². The maximum absolute atomic E-state index is 7.62. The Bertz CT molecular complexity index is 707. The lowest BCUT2D eigenvalue weighted by molar-refractivity contribution is 0.832. The van der Waals surface area contributed by atoms with Crippen molar-refractivity contribution in [2.75, 3.05) is 0 Å². The van der Waals surface area contributed by atoms with E-state index in [1.54, 1.807) is 0 Å². The van der Waals surface area contributed by atoms with Crippen molar-refractivity contribution in [3.8, 4) is 6.07 Å². The molecule has 2 rings (SSSR count). The summed E-state index contributed by atoms with van der Waals surface area (Å²) in [6.45, 7) is 26.1. The van der Waals surface area contributed by atoms with Crippen LogP contribution in [0.4, 0.5) is 0 Å². The van der Waals surface area contributed by atoms with E-state index in [1.807, 2.05) is 66.7 Å². The summed E-state index contributed by atoms with van der Waals surface area (Å²) in [4.78, 5) is 0. The van der Waals surface area contributed by atoms with Crippen molar-refractivity contribution >= 4 is 0 Å². The summed E-state index contributed by atoms with van der Waals surface area (Å²) < 4.78 is 0. The molecule has 35 heavy (non-hydrogen) atoms. The zero-order valence-corrected chi connectivity index (χ0v) is 24.8. The van der Waals surface area contributed by atoms with Crippen LogP contribution in [-0.4, -0.2) is 0 Å². The third-order valence-electron chi connectivity index (χ3n) is 4.50. The van der Waals surface area contributed by atoms with Crippen LogP contribution in [0.25, 0.3) is 0 Å². The summed E-state index contributed by atoms with van der Waals surface area (Å²) in [5, 5.41) is 7.62. The average molecular weight is 480 g/mol. The average Bonchev–Trinajstić information content (AvgIpc) is 2.95. The molecule has 0 radical (unpaired) electrons. The highest BCUT2D eigenvalue weighted by Gasteiger charge is 2.02. The van der Waals surface area contributed by atoms with E-state index in [4.69, 9.17) is 5.26 Å². The van der Waals surface area contributed by atoms with Crippen molar-refractivity contribution in [1.82, 2.24) is 0 Å². The van der Waals surface area contributed by atoms with Gasteiger partial charge in [-0.2, -0.15) is 5.26 Å². The highest BCUT2D eigenvalue weighted by atomic mass is 14.2. The van der Waals surface area contributed by atoms with Crippen LogP contribution in [0.3, 0.4) is 0 Å². The summed E-state index contributed by atoms with van der Waals surface area (Å²) in [5.74, 6) is 0. The Labute approximate surface area is 221 Å². The number of hydrogen-bond donors (Lipinski definition) is 0. The van der Waals surface area contributed by atoms with Crippen LogP contribution in [0.2, 0.25) is 0 Å². The molecular formula is C34H57N. The topological polar surface area (TPSA) is 23.8 Å². The van der Waals surface area contributed by atoms with Gasteiger partial charge in [-0.1, -0.05) is 142 Å². The summed E-state index contributed by atoms with van der Waals surface area (Å²) >= 11 is 0. The molecule has 1 nitrogen and oxygen atoms in total. The van der Waals surface area contributed by atoms with Crippen LogP contribution in [0, 0.1) is 11.3 Å². The maximum atomic E-state index is 7.62. The van der Waals surface area contributed by atoms with Gasteiger partial charge in [-0.3, -0.25) is 0 Å². The standard InChI is InChI=1S/C17H24.C8H10.C3H5N.3C2H6/c1-4-6-10-15(3)13-14-17-12-8-7-11-16(17)9-5-2;1-2-8-6-4-3-5-7-8;1-2-3-4;3*1-2/h4,7-8,11-12H,1,3,5-6,9-10,13-14H2,2H3;3-7H,2H2,1H3;2H2,1H3;3*1-2H3. The second kappa shape index (κ2) is 36.0. The van der Waals surface area contributed by atoms with Crippen molar-refractivity contribution < 1.29 is 0 Å². The molecule has 1 heteroatoms. The van der Waals surface area contributed by atoms with E-state index in [9.17, 15) is 0 Å². The minimum absolute atomic E-state index is 0.625. The molecule has 2 aromatic carbocycles. The largest absolute Gasteiger partial charge is 0.198 e.